The van der Waals surface area contributed by atoms with Gasteiger partial charge in [0.15, 0.2) is 0 Å². The van der Waals surface area contributed by atoms with E-state index in [-0.39, 0.29) is 6.04 Å². The SMILES string of the molecule is C=C(C)[C@@H](N)[C@H](C)O. The molecule has 0 aromatic heterocycles. The standard InChI is InChI=1S/C6H13NO/c1-4(2)6(7)5(3)8/h5-6,8H,1,7H2,2-3H3/t5-,6+/m0/s1. The smallest absolute Gasteiger partial charge is 0.0701 e. The molecule has 0 unspecified atom stereocenters. The summed E-state index contributed by atoms with van der Waals surface area (Å²) in [6.45, 7) is 7.05. The number of aliphatic hydroxyl groups excluding tert-OH is 1. The normalized spacial score (nSPS) is 17.5. The minimum Gasteiger partial charge on any atom is -0.391 e. The number of hydrogen-bond acceptors (Lipinski definition) is 2. The molecule has 0 fully saturated rings. The summed E-state index contributed by atoms with van der Waals surface area (Å²) in [5.74, 6) is 0. The first-order valence-electron chi connectivity index (χ1n) is 2.64. The van der Waals surface area contributed by atoms with E-state index in [1.54, 1.807) is 13.8 Å². The molecule has 0 heterocycles. The van der Waals surface area contributed by atoms with Gasteiger partial charge in [0.2, 0.25) is 0 Å². The van der Waals surface area contributed by atoms with Gasteiger partial charge in [0, 0.05) is 0 Å². The molecule has 0 spiro atoms. The van der Waals surface area contributed by atoms with E-state index in [2.05, 4.69) is 6.58 Å². The van der Waals surface area contributed by atoms with E-state index in [0.717, 1.165) is 5.57 Å². The molecule has 0 aromatic carbocycles. The largest absolute Gasteiger partial charge is 0.391 e. The fourth-order valence-corrected chi connectivity index (χ4v) is 0.412. The fraction of sp³-hybridized carbons (Fsp3) is 0.667. The maximum atomic E-state index is 8.81. The molecule has 0 aromatic rings. The summed E-state index contributed by atoms with van der Waals surface area (Å²) in [7, 11) is 0. The van der Waals surface area contributed by atoms with Crippen LogP contribution in [0.5, 0.6) is 0 Å². The molecule has 0 bridgehead atoms. The fourth-order valence-electron chi connectivity index (χ4n) is 0.412. The van der Waals surface area contributed by atoms with Crippen molar-refractivity contribution in [2.24, 2.45) is 5.73 Å². The molecule has 3 N–H and O–H groups in total. The molecule has 48 valence electrons. The zero-order chi connectivity index (χ0) is 6.73. The Hall–Kier alpha value is -0.340. The molecule has 0 aliphatic heterocycles. The molecular weight excluding hydrogens is 102 g/mol. The zero-order valence-electron chi connectivity index (χ0n) is 5.39. The van der Waals surface area contributed by atoms with Crippen molar-refractivity contribution in [3.63, 3.8) is 0 Å². The first-order valence-corrected chi connectivity index (χ1v) is 2.64. The lowest BCUT2D eigenvalue weighted by Crippen LogP contribution is -2.32. The van der Waals surface area contributed by atoms with Crippen molar-refractivity contribution in [2.45, 2.75) is 26.0 Å². The van der Waals surface area contributed by atoms with Gasteiger partial charge < -0.3 is 10.8 Å². The maximum Gasteiger partial charge on any atom is 0.0701 e. The molecular formula is C6H13NO. The molecule has 0 rings (SSSR count). The number of aliphatic hydroxyl groups is 1. The molecule has 2 heteroatoms. The van der Waals surface area contributed by atoms with Crippen molar-refractivity contribution in [3.05, 3.63) is 12.2 Å². The zero-order valence-corrected chi connectivity index (χ0v) is 5.39. The van der Waals surface area contributed by atoms with Crippen LogP contribution in [0.2, 0.25) is 0 Å². The van der Waals surface area contributed by atoms with Crippen LogP contribution in [-0.4, -0.2) is 17.3 Å². The molecule has 2 nitrogen and oxygen atoms in total. The Morgan fingerprint density at radius 2 is 2.12 bits per heavy atom. The van der Waals surface area contributed by atoms with E-state index < -0.39 is 6.10 Å². The Labute approximate surface area is 50.0 Å². The van der Waals surface area contributed by atoms with Crippen LogP contribution in [0.4, 0.5) is 0 Å². The lowest BCUT2D eigenvalue weighted by atomic mass is 10.1. The molecule has 0 amide bonds. The van der Waals surface area contributed by atoms with Gasteiger partial charge in [-0.05, 0) is 13.8 Å². The topological polar surface area (TPSA) is 46.2 Å². The Morgan fingerprint density at radius 3 is 2.12 bits per heavy atom. The van der Waals surface area contributed by atoms with Crippen LogP contribution in [0.3, 0.4) is 0 Å². The summed E-state index contributed by atoms with van der Waals surface area (Å²) < 4.78 is 0. The maximum absolute atomic E-state index is 8.81. The van der Waals surface area contributed by atoms with E-state index >= 15 is 0 Å². The van der Waals surface area contributed by atoms with Crippen molar-refractivity contribution in [3.8, 4) is 0 Å². The van der Waals surface area contributed by atoms with Gasteiger partial charge in [0.05, 0.1) is 12.1 Å². The molecule has 0 aliphatic carbocycles. The molecule has 0 saturated heterocycles. The van der Waals surface area contributed by atoms with Crippen molar-refractivity contribution in [2.75, 3.05) is 0 Å². The van der Waals surface area contributed by atoms with Gasteiger partial charge in [0.25, 0.3) is 0 Å². The van der Waals surface area contributed by atoms with Crippen LogP contribution in [0.1, 0.15) is 13.8 Å². The first-order chi connectivity index (χ1) is 3.55. The van der Waals surface area contributed by atoms with Crippen LogP contribution in [0.25, 0.3) is 0 Å². The first kappa shape index (κ1) is 7.66. The average Bonchev–Trinajstić information content (AvgIpc) is 1.64. The predicted molar refractivity (Wildman–Crippen MR) is 34.5 cm³/mol. The summed E-state index contributed by atoms with van der Waals surface area (Å²) in [6.07, 6.45) is -0.479. The minimum absolute atomic E-state index is 0.269. The quantitative estimate of drug-likeness (QED) is 0.507. The van der Waals surface area contributed by atoms with Crippen LogP contribution >= 0.6 is 0 Å². The van der Waals surface area contributed by atoms with Gasteiger partial charge in [-0.25, -0.2) is 0 Å². The highest BCUT2D eigenvalue weighted by Crippen LogP contribution is 1.98. The van der Waals surface area contributed by atoms with Crippen molar-refractivity contribution in [1.29, 1.82) is 0 Å². The average molecular weight is 115 g/mol. The Bertz CT molecular complexity index is 88.5. The van der Waals surface area contributed by atoms with Gasteiger partial charge in [-0.15, -0.1) is 0 Å². The van der Waals surface area contributed by atoms with Crippen LogP contribution in [0.15, 0.2) is 12.2 Å². The van der Waals surface area contributed by atoms with E-state index in [4.69, 9.17) is 10.8 Å². The number of hydrogen-bond donors (Lipinski definition) is 2. The third kappa shape index (κ3) is 2.09. The summed E-state index contributed by atoms with van der Waals surface area (Å²) in [6, 6.07) is -0.269. The monoisotopic (exact) mass is 115 g/mol. The van der Waals surface area contributed by atoms with Gasteiger partial charge in [0.1, 0.15) is 0 Å². The van der Waals surface area contributed by atoms with Crippen molar-refractivity contribution in [1.82, 2.24) is 0 Å². The summed E-state index contributed by atoms with van der Waals surface area (Å²) in [5.41, 5.74) is 6.23. The van der Waals surface area contributed by atoms with Gasteiger partial charge in [-0.2, -0.15) is 0 Å². The highest BCUT2D eigenvalue weighted by atomic mass is 16.3. The molecule has 2 atom stereocenters. The van der Waals surface area contributed by atoms with Gasteiger partial charge in [-0.3, -0.25) is 0 Å². The second-order valence-electron chi connectivity index (χ2n) is 2.11. The highest BCUT2D eigenvalue weighted by molar-refractivity contribution is 5.01. The lowest BCUT2D eigenvalue weighted by Gasteiger charge is -2.13. The van der Waals surface area contributed by atoms with Crippen LogP contribution in [-0.2, 0) is 0 Å². The summed E-state index contributed by atoms with van der Waals surface area (Å²) >= 11 is 0. The van der Waals surface area contributed by atoms with Crippen molar-refractivity contribution < 1.29 is 5.11 Å². The third-order valence-corrected chi connectivity index (χ3v) is 1.09. The van der Waals surface area contributed by atoms with E-state index in [1.807, 2.05) is 0 Å². The second-order valence-corrected chi connectivity index (χ2v) is 2.11. The van der Waals surface area contributed by atoms with E-state index in [1.165, 1.54) is 0 Å². The molecule has 0 aliphatic rings. The minimum atomic E-state index is -0.479. The predicted octanol–water partition coefficient (Wildman–Crippen LogP) is 0.271. The highest BCUT2D eigenvalue weighted by Gasteiger charge is 2.07. The molecule has 0 saturated carbocycles. The third-order valence-electron chi connectivity index (χ3n) is 1.09. The summed E-state index contributed by atoms with van der Waals surface area (Å²) in [4.78, 5) is 0. The van der Waals surface area contributed by atoms with Crippen molar-refractivity contribution >= 4 is 0 Å². The Balaban J connectivity index is 3.64. The Morgan fingerprint density at radius 1 is 1.75 bits per heavy atom. The Kier molecular flexibility index (Phi) is 2.72. The van der Waals surface area contributed by atoms with Crippen LogP contribution < -0.4 is 5.73 Å². The second kappa shape index (κ2) is 2.84. The van der Waals surface area contributed by atoms with E-state index in [0.29, 0.717) is 0 Å². The lowest BCUT2D eigenvalue weighted by molar-refractivity contribution is 0.176. The molecule has 0 radical (unpaired) electrons. The number of nitrogens with two attached hydrogens (primary N) is 1. The van der Waals surface area contributed by atoms with Crippen LogP contribution in [0, 0.1) is 0 Å². The summed E-state index contributed by atoms with van der Waals surface area (Å²) in [5, 5.41) is 8.81. The van der Waals surface area contributed by atoms with E-state index in [9.17, 15) is 0 Å². The molecule has 8 heavy (non-hydrogen) atoms. The number of rotatable bonds is 2. The van der Waals surface area contributed by atoms with Gasteiger partial charge in [-0.1, -0.05) is 12.2 Å². The van der Waals surface area contributed by atoms with Gasteiger partial charge >= 0.3 is 0 Å².